The van der Waals surface area contributed by atoms with Gasteiger partial charge in [0.15, 0.2) is 5.60 Å². The molecule has 32 heavy (non-hydrogen) atoms. The van der Waals surface area contributed by atoms with Gasteiger partial charge in [0.2, 0.25) is 0 Å². The minimum absolute atomic E-state index is 0.118. The van der Waals surface area contributed by atoms with Crippen molar-refractivity contribution >= 4 is 18.0 Å². The Balaban J connectivity index is 1.41. The number of carbonyl (C=O) groups is 2. The molecule has 0 amide bonds. The zero-order valence-corrected chi connectivity index (χ0v) is 17.6. The summed E-state index contributed by atoms with van der Waals surface area (Å²) in [4.78, 5) is 24.6. The molecule has 3 aromatic carbocycles. The van der Waals surface area contributed by atoms with Crippen LogP contribution in [0.3, 0.4) is 0 Å². The van der Waals surface area contributed by atoms with E-state index in [1.165, 1.54) is 0 Å². The number of aliphatic hydroxyl groups is 1. The Hall–Kier alpha value is -3.70. The molecule has 0 saturated carbocycles. The molecule has 5 heteroatoms. The minimum Gasteiger partial charge on any atom is -0.461 e. The van der Waals surface area contributed by atoms with E-state index in [9.17, 15) is 14.7 Å². The molecule has 0 spiro atoms. The van der Waals surface area contributed by atoms with Crippen molar-refractivity contribution in [3.63, 3.8) is 0 Å². The molecule has 1 saturated heterocycles. The maximum absolute atomic E-state index is 12.4. The van der Waals surface area contributed by atoms with Gasteiger partial charge in [-0.05, 0) is 28.3 Å². The standard InChI is InChI=1S/C27H24O5/c28-18-27(19-31-25(29)16-20-7-3-1-4-8-20)17-24(26(30)32-27)15-21-11-13-23(14-12-21)22-9-5-2-6-10-22/h1-15,28H,16-19H2/b24-15-. The Labute approximate surface area is 186 Å². The summed E-state index contributed by atoms with van der Waals surface area (Å²) in [6.45, 7) is -0.618. The van der Waals surface area contributed by atoms with E-state index in [1.54, 1.807) is 6.08 Å². The van der Waals surface area contributed by atoms with E-state index < -0.39 is 24.1 Å². The van der Waals surface area contributed by atoms with Crippen LogP contribution in [0.25, 0.3) is 17.2 Å². The smallest absolute Gasteiger partial charge is 0.334 e. The van der Waals surface area contributed by atoms with Gasteiger partial charge in [-0.25, -0.2) is 4.79 Å². The first-order valence-corrected chi connectivity index (χ1v) is 10.5. The summed E-state index contributed by atoms with van der Waals surface area (Å²) in [6.07, 6.45) is 2.04. The Kier molecular flexibility index (Phi) is 6.47. The Morgan fingerprint density at radius 2 is 1.56 bits per heavy atom. The van der Waals surface area contributed by atoms with Crippen molar-refractivity contribution < 1.29 is 24.2 Å². The van der Waals surface area contributed by atoms with Crippen LogP contribution < -0.4 is 0 Å². The number of esters is 2. The molecule has 3 aromatic rings. The minimum atomic E-state index is -1.25. The molecule has 1 heterocycles. The van der Waals surface area contributed by atoms with Crippen molar-refractivity contribution in [1.29, 1.82) is 0 Å². The fourth-order valence-electron chi connectivity index (χ4n) is 3.67. The van der Waals surface area contributed by atoms with E-state index in [0.29, 0.717) is 5.57 Å². The maximum atomic E-state index is 12.4. The first kappa shape index (κ1) is 21.5. The lowest BCUT2D eigenvalue weighted by atomic mass is 9.97. The van der Waals surface area contributed by atoms with Crippen LogP contribution in [0, 0.1) is 0 Å². The topological polar surface area (TPSA) is 72.8 Å². The van der Waals surface area contributed by atoms with Gasteiger partial charge in [0.05, 0.1) is 13.0 Å². The van der Waals surface area contributed by atoms with E-state index in [1.807, 2.05) is 84.9 Å². The number of aliphatic hydroxyl groups excluding tert-OH is 1. The fourth-order valence-corrected chi connectivity index (χ4v) is 3.67. The molecular formula is C27H24O5. The lowest BCUT2D eigenvalue weighted by Crippen LogP contribution is -2.39. The molecule has 4 rings (SSSR count). The zero-order valence-electron chi connectivity index (χ0n) is 17.6. The predicted octanol–water partition coefficient (Wildman–Crippen LogP) is 4.20. The molecule has 0 aliphatic carbocycles. The fraction of sp³-hybridized carbons (Fsp3) is 0.185. The number of hydrogen-bond acceptors (Lipinski definition) is 5. The summed E-state index contributed by atoms with van der Waals surface area (Å²) in [5.74, 6) is -0.945. The van der Waals surface area contributed by atoms with E-state index in [4.69, 9.17) is 9.47 Å². The van der Waals surface area contributed by atoms with Crippen molar-refractivity contribution in [3.05, 3.63) is 102 Å². The lowest BCUT2D eigenvalue weighted by molar-refractivity contribution is -0.165. The van der Waals surface area contributed by atoms with Crippen LogP contribution in [0.15, 0.2) is 90.5 Å². The molecule has 1 fully saturated rings. The van der Waals surface area contributed by atoms with Crippen molar-refractivity contribution in [1.82, 2.24) is 0 Å². The normalized spacial score (nSPS) is 19.0. The summed E-state index contributed by atoms with van der Waals surface area (Å²) >= 11 is 0. The van der Waals surface area contributed by atoms with Crippen molar-refractivity contribution in [3.8, 4) is 11.1 Å². The molecule has 1 unspecified atom stereocenters. The first-order valence-electron chi connectivity index (χ1n) is 10.5. The van der Waals surface area contributed by atoms with Gasteiger partial charge in [-0.2, -0.15) is 0 Å². The van der Waals surface area contributed by atoms with Gasteiger partial charge in [0.25, 0.3) is 0 Å². The van der Waals surface area contributed by atoms with Crippen molar-refractivity contribution in [2.24, 2.45) is 0 Å². The molecule has 1 atom stereocenters. The van der Waals surface area contributed by atoms with E-state index >= 15 is 0 Å². The molecule has 162 valence electrons. The number of ether oxygens (including phenoxy) is 2. The maximum Gasteiger partial charge on any atom is 0.334 e. The molecule has 1 aliphatic rings. The second-order valence-electron chi connectivity index (χ2n) is 7.89. The highest BCUT2D eigenvalue weighted by molar-refractivity contribution is 5.96. The van der Waals surface area contributed by atoms with Crippen LogP contribution in [-0.4, -0.2) is 35.9 Å². The number of rotatable bonds is 7. The molecule has 0 radical (unpaired) electrons. The molecule has 0 aromatic heterocycles. The monoisotopic (exact) mass is 428 g/mol. The van der Waals surface area contributed by atoms with E-state index in [-0.39, 0.29) is 19.4 Å². The van der Waals surface area contributed by atoms with Crippen LogP contribution in [0.2, 0.25) is 0 Å². The number of carbonyl (C=O) groups excluding carboxylic acids is 2. The first-order chi connectivity index (χ1) is 15.6. The van der Waals surface area contributed by atoms with Crippen LogP contribution in [0.1, 0.15) is 17.5 Å². The summed E-state index contributed by atoms with van der Waals surface area (Å²) in [6, 6.07) is 27.1. The summed E-state index contributed by atoms with van der Waals surface area (Å²) < 4.78 is 10.8. The van der Waals surface area contributed by atoms with Gasteiger partial charge < -0.3 is 14.6 Å². The second kappa shape index (κ2) is 9.62. The molecule has 5 nitrogen and oxygen atoms in total. The number of hydrogen-bond donors (Lipinski definition) is 1. The highest BCUT2D eigenvalue weighted by Crippen LogP contribution is 2.32. The van der Waals surface area contributed by atoms with Gasteiger partial charge in [0, 0.05) is 12.0 Å². The molecular weight excluding hydrogens is 404 g/mol. The Morgan fingerprint density at radius 1 is 0.938 bits per heavy atom. The summed E-state index contributed by atoms with van der Waals surface area (Å²) in [5.41, 5.74) is 3.06. The SMILES string of the molecule is O=C(Cc1ccccc1)OCC1(CO)C/C(=C/c2ccc(-c3ccccc3)cc2)C(=O)O1. The number of benzene rings is 3. The third-order valence-electron chi connectivity index (χ3n) is 5.42. The molecule has 0 bridgehead atoms. The predicted molar refractivity (Wildman–Crippen MR) is 121 cm³/mol. The average molecular weight is 428 g/mol. The quantitative estimate of drug-likeness (QED) is 0.451. The number of cyclic esters (lactones) is 1. The van der Waals surface area contributed by atoms with Gasteiger partial charge in [-0.1, -0.05) is 84.9 Å². The third-order valence-corrected chi connectivity index (χ3v) is 5.42. The van der Waals surface area contributed by atoms with Gasteiger partial charge >= 0.3 is 11.9 Å². The van der Waals surface area contributed by atoms with E-state index in [2.05, 4.69) is 0 Å². The van der Waals surface area contributed by atoms with E-state index in [0.717, 1.165) is 22.3 Å². The highest BCUT2D eigenvalue weighted by Gasteiger charge is 2.44. The molecule has 1 aliphatic heterocycles. The summed E-state index contributed by atoms with van der Waals surface area (Å²) in [5, 5.41) is 9.89. The second-order valence-corrected chi connectivity index (χ2v) is 7.89. The van der Waals surface area contributed by atoms with Gasteiger partial charge in [-0.3, -0.25) is 4.79 Å². The van der Waals surface area contributed by atoms with Crippen LogP contribution >= 0.6 is 0 Å². The highest BCUT2D eigenvalue weighted by atomic mass is 16.6. The average Bonchev–Trinajstić information content (AvgIpc) is 3.15. The Morgan fingerprint density at radius 3 is 2.22 bits per heavy atom. The van der Waals surface area contributed by atoms with Crippen molar-refractivity contribution in [2.45, 2.75) is 18.4 Å². The van der Waals surface area contributed by atoms with Crippen LogP contribution in [-0.2, 0) is 25.5 Å². The van der Waals surface area contributed by atoms with Crippen LogP contribution in [0.5, 0.6) is 0 Å². The molecule has 1 N–H and O–H groups in total. The van der Waals surface area contributed by atoms with Gasteiger partial charge in [-0.15, -0.1) is 0 Å². The third kappa shape index (κ3) is 5.13. The zero-order chi connectivity index (χ0) is 22.4. The van der Waals surface area contributed by atoms with Gasteiger partial charge in [0.1, 0.15) is 6.61 Å². The Bertz CT molecular complexity index is 1100. The lowest BCUT2D eigenvalue weighted by Gasteiger charge is -2.24. The largest absolute Gasteiger partial charge is 0.461 e. The summed E-state index contributed by atoms with van der Waals surface area (Å²) in [7, 11) is 0. The van der Waals surface area contributed by atoms with Crippen LogP contribution in [0.4, 0.5) is 0 Å². The van der Waals surface area contributed by atoms with Crippen molar-refractivity contribution in [2.75, 3.05) is 13.2 Å².